The molecule has 1 unspecified atom stereocenters. The number of carboxylic acid groups (broad SMARTS) is 1. The average Bonchev–Trinajstić information content (AvgIpc) is 2.72. The SMILES string of the molecule is O=C(O)COc1ccc2c(c1)NC(=O)CC2c1cnc(C2CCCCC2)nc1. The van der Waals surface area contributed by atoms with E-state index in [0.717, 1.165) is 29.8 Å². The number of hydrogen-bond acceptors (Lipinski definition) is 5. The molecule has 0 saturated heterocycles. The molecule has 146 valence electrons. The Kier molecular flexibility index (Phi) is 5.23. The summed E-state index contributed by atoms with van der Waals surface area (Å²) in [6, 6.07) is 5.26. The van der Waals surface area contributed by atoms with Gasteiger partial charge < -0.3 is 15.2 Å². The van der Waals surface area contributed by atoms with E-state index >= 15 is 0 Å². The van der Waals surface area contributed by atoms with Crippen molar-refractivity contribution in [3.8, 4) is 5.75 Å². The molecular weight excluding hydrogens is 358 g/mol. The molecule has 2 aliphatic rings. The Bertz CT molecular complexity index is 876. The van der Waals surface area contributed by atoms with Crippen LogP contribution in [0.5, 0.6) is 5.75 Å². The molecule has 0 spiro atoms. The lowest BCUT2D eigenvalue weighted by Crippen LogP contribution is -2.24. The molecule has 7 heteroatoms. The van der Waals surface area contributed by atoms with Crippen molar-refractivity contribution in [2.24, 2.45) is 0 Å². The Labute approximate surface area is 163 Å². The average molecular weight is 381 g/mol. The quantitative estimate of drug-likeness (QED) is 0.822. The van der Waals surface area contributed by atoms with Gasteiger partial charge in [-0.3, -0.25) is 4.79 Å². The van der Waals surface area contributed by atoms with Crippen LogP contribution in [0.4, 0.5) is 5.69 Å². The summed E-state index contributed by atoms with van der Waals surface area (Å²) in [5.74, 6) is 0.489. The highest BCUT2D eigenvalue weighted by atomic mass is 16.5. The van der Waals surface area contributed by atoms with Crippen LogP contribution in [-0.4, -0.2) is 33.6 Å². The topological polar surface area (TPSA) is 101 Å². The Morgan fingerprint density at radius 3 is 2.64 bits per heavy atom. The molecule has 2 aromatic rings. The van der Waals surface area contributed by atoms with E-state index in [2.05, 4.69) is 15.3 Å². The van der Waals surface area contributed by atoms with Gasteiger partial charge in [-0.05, 0) is 30.0 Å². The first kappa shape index (κ1) is 18.4. The van der Waals surface area contributed by atoms with Gasteiger partial charge in [-0.2, -0.15) is 0 Å². The number of nitrogens with zero attached hydrogens (tertiary/aromatic N) is 2. The lowest BCUT2D eigenvalue weighted by Gasteiger charge is -2.26. The third-order valence-corrected chi connectivity index (χ3v) is 5.49. The maximum Gasteiger partial charge on any atom is 0.341 e. The first-order chi connectivity index (χ1) is 13.6. The van der Waals surface area contributed by atoms with Crippen LogP contribution in [-0.2, 0) is 9.59 Å². The number of ether oxygens (including phenoxy) is 1. The molecule has 1 fully saturated rings. The number of nitrogens with one attached hydrogen (secondary N) is 1. The number of carbonyl (C=O) groups excluding carboxylic acids is 1. The van der Waals surface area contributed by atoms with Crippen LogP contribution in [0.25, 0.3) is 0 Å². The van der Waals surface area contributed by atoms with Gasteiger partial charge in [0.1, 0.15) is 11.6 Å². The number of rotatable bonds is 5. The number of carboxylic acids is 1. The summed E-state index contributed by atoms with van der Waals surface area (Å²) in [7, 11) is 0. The lowest BCUT2D eigenvalue weighted by molar-refractivity contribution is -0.139. The van der Waals surface area contributed by atoms with Crippen molar-refractivity contribution in [3.05, 3.63) is 47.5 Å². The summed E-state index contributed by atoms with van der Waals surface area (Å²) in [6.07, 6.45) is 10.1. The minimum Gasteiger partial charge on any atom is -0.482 e. The van der Waals surface area contributed by atoms with Gasteiger partial charge in [0.05, 0.1) is 0 Å². The molecule has 2 N–H and O–H groups in total. The van der Waals surface area contributed by atoms with Crippen molar-refractivity contribution in [2.75, 3.05) is 11.9 Å². The molecule has 0 radical (unpaired) electrons. The highest BCUT2D eigenvalue weighted by Crippen LogP contribution is 2.39. The number of anilines is 1. The van der Waals surface area contributed by atoms with Gasteiger partial charge in [0.25, 0.3) is 0 Å². The normalized spacial score (nSPS) is 19.6. The molecule has 4 rings (SSSR count). The van der Waals surface area contributed by atoms with Crippen LogP contribution in [0, 0.1) is 0 Å². The van der Waals surface area contributed by atoms with Crippen molar-refractivity contribution in [3.63, 3.8) is 0 Å². The Morgan fingerprint density at radius 1 is 1.18 bits per heavy atom. The third-order valence-electron chi connectivity index (χ3n) is 5.49. The van der Waals surface area contributed by atoms with E-state index in [1.165, 1.54) is 19.3 Å². The first-order valence-corrected chi connectivity index (χ1v) is 9.70. The van der Waals surface area contributed by atoms with Crippen LogP contribution in [0.2, 0.25) is 0 Å². The Balaban J connectivity index is 1.57. The van der Waals surface area contributed by atoms with Gasteiger partial charge in [0.2, 0.25) is 5.91 Å². The van der Waals surface area contributed by atoms with Crippen molar-refractivity contribution in [1.29, 1.82) is 0 Å². The molecule has 1 aromatic carbocycles. The molecule has 1 amide bonds. The van der Waals surface area contributed by atoms with E-state index < -0.39 is 12.6 Å². The van der Waals surface area contributed by atoms with Gasteiger partial charge in [-0.15, -0.1) is 0 Å². The zero-order chi connectivity index (χ0) is 19.5. The Hall–Kier alpha value is -2.96. The predicted molar refractivity (Wildman–Crippen MR) is 103 cm³/mol. The summed E-state index contributed by atoms with van der Waals surface area (Å²) in [5.41, 5.74) is 2.51. The second-order valence-corrected chi connectivity index (χ2v) is 7.45. The smallest absolute Gasteiger partial charge is 0.341 e. The van der Waals surface area contributed by atoms with Crippen LogP contribution in [0.1, 0.15) is 67.3 Å². The largest absolute Gasteiger partial charge is 0.482 e. The molecule has 28 heavy (non-hydrogen) atoms. The van der Waals surface area contributed by atoms with E-state index in [-0.39, 0.29) is 11.8 Å². The maximum absolute atomic E-state index is 12.2. The van der Waals surface area contributed by atoms with Gasteiger partial charge in [0.15, 0.2) is 6.61 Å². The summed E-state index contributed by atoms with van der Waals surface area (Å²) in [6.45, 7) is -0.424. The van der Waals surface area contributed by atoms with E-state index in [9.17, 15) is 9.59 Å². The fourth-order valence-electron chi connectivity index (χ4n) is 4.08. The molecule has 1 aliphatic carbocycles. The highest BCUT2D eigenvalue weighted by molar-refractivity contribution is 5.95. The van der Waals surface area contributed by atoms with Crippen LogP contribution in [0.3, 0.4) is 0 Å². The van der Waals surface area contributed by atoms with E-state index in [1.54, 1.807) is 12.1 Å². The second-order valence-electron chi connectivity index (χ2n) is 7.45. The monoisotopic (exact) mass is 381 g/mol. The molecule has 1 saturated carbocycles. The lowest BCUT2D eigenvalue weighted by atomic mass is 9.85. The van der Waals surface area contributed by atoms with Crippen LogP contribution >= 0.6 is 0 Å². The van der Waals surface area contributed by atoms with Crippen molar-refractivity contribution < 1.29 is 19.4 Å². The van der Waals surface area contributed by atoms with Gasteiger partial charge in [0, 0.05) is 42.4 Å². The zero-order valence-corrected chi connectivity index (χ0v) is 15.6. The van der Waals surface area contributed by atoms with Gasteiger partial charge >= 0.3 is 5.97 Å². The summed E-state index contributed by atoms with van der Waals surface area (Å²) < 4.78 is 5.22. The molecule has 2 heterocycles. The number of fused-ring (bicyclic) bond motifs is 1. The van der Waals surface area contributed by atoms with Gasteiger partial charge in [-0.1, -0.05) is 25.3 Å². The number of aliphatic carboxylic acids is 1. The predicted octanol–water partition coefficient (Wildman–Crippen LogP) is 3.46. The summed E-state index contributed by atoms with van der Waals surface area (Å²) in [5, 5.41) is 11.6. The number of carbonyl (C=O) groups is 2. The summed E-state index contributed by atoms with van der Waals surface area (Å²) >= 11 is 0. The minimum absolute atomic E-state index is 0.0933. The maximum atomic E-state index is 12.2. The third kappa shape index (κ3) is 3.98. The summed E-state index contributed by atoms with van der Waals surface area (Å²) in [4.78, 5) is 32.1. The van der Waals surface area contributed by atoms with Crippen molar-refractivity contribution >= 4 is 17.6 Å². The van der Waals surface area contributed by atoms with Crippen LogP contribution < -0.4 is 10.1 Å². The molecule has 1 atom stereocenters. The van der Waals surface area contributed by atoms with E-state index in [4.69, 9.17) is 9.84 Å². The van der Waals surface area contributed by atoms with Gasteiger partial charge in [-0.25, -0.2) is 14.8 Å². The molecule has 7 nitrogen and oxygen atoms in total. The highest BCUT2D eigenvalue weighted by Gasteiger charge is 2.28. The van der Waals surface area contributed by atoms with Crippen LogP contribution in [0.15, 0.2) is 30.6 Å². The molecular formula is C21H23N3O4. The molecule has 0 bridgehead atoms. The first-order valence-electron chi connectivity index (χ1n) is 9.70. The standard InChI is InChI=1S/C21H23N3O4/c25-19-9-17(14-10-22-21(23-11-14)13-4-2-1-3-5-13)16-7-6-15(8-18(16)24-19)28-12-20(26)27/h6-8,10-11,13,17H,1-5,9,12H2,(H,24,25)(H,26,27). The molecule has 1 aliphatic heterocycles. The fraction of sp³-hybridized carbons (Fsp3) is 0.429. The Morgan fingerprint density at radius 2 is 1.93 bits per heavy atom. The van der Waals surface area contributed by atoms with Crippen molar-refractivity contribution in [2.45, 2.75) is 50.4 Å². The number of aromatic nitrogens is 2. The van der Waals surface area contributed by atoms with E-state index in [0.29, 0.717) is 23.8 Å². The molecule has 1 aromatic heterocycles. The van der Waals surface area contributed by atoms with E-state index in [1.807, 2.05) is 18.5 Å². The minimum atomic E-state index is -1.05. The second kappa shape index (κ2) is 7.96. The number of hydrogen-bond donors (Lipinski definition) is 2. The number of amides is 1. The zero-order valence-electron chi connectivity index (χ0n) is 15.6. The van der Waals surface area contributed by atoms with Crippen molar-refractivity contribution in [1.82, 2.24) is 9.97 Å². The fourth-order valence-corrected chi connectivity index (χ4v) is 4.08. The number of benzene rings is 1.